The normalized spacial score (nSPS) is 22.2. The number of halogens is 1. The van der Waals surface area contributed by atoms with E-state index in [2.05, 4.69) is 10.6 Å². The van der Waals surface area contributed by atoms with E-state index >= 15 is 0 Å². The van der Waals surface area contributed by atoms with E-state index in [1.54, 1.807) is 18.2 Å². The zero-order valence-electron chi connectivity index (χ0n) is 10.4. The van der Waals surface area contributed by atoms with Gasteiger partial charge in [-0.3, -0.25) is 4.79 Å². The first-order valence-electron chi connectivity index (χ1n) is 6.22. The number of hydrogen-bond acceptors (Lipinski definition) is 4. The van der Waals surface area contributed by atoms with Crippen LogP contribution in [-0.2, 0) is 4.79 Å². The summed E-state index contributed by atoms with van der Waals surface area (Å²) >= 11 is 5.83. The van der Waals surface area contributed by atoms with Crippen LogP contribution in [0.15, 0.2) is 24.3 Å². The van der Waals surface area contributed by atoms with Crippen molar-refractivity contribution < 1.29 is 14.6 Å². The molecule has 2 atom stereocenters. The fourth-order valence-corrected chi connectivity index (χ4v) is 2.12. The van der Waals surface area contributed by atoms with Crippen molar-refractivity contribution >= 4 is 17.5 Å². The molecule has 0 radical (unpaired) electrons. The third-order valence-corrected chi connectivity index (χ3v) is 3.13. The van der Waals surface area contributed by atoms with Crippen molar-refractivity contribution in [1.82, 2.24) is 10.6 Å². The molecule has 0 aromatic heterocycles. The van der Waals surface area contributed by atoms with E-state index in [1.165, 1.54) is 0 Å². The van der Waals surface area contributed by atoms with Gasteiger partial charge >= 0.3 is 0 Å². The Kier molecular flexibility index (Phi) is 5.01. The maximum absolute atomic E-state index is 11.7. The average Bonchev–Trinajstić information content (AvgIpc) is 2.81. The fraction of sp³-hybridized carbons (Fsp3) is 0.462. The Bertz CT molecular complexity index is 442. The molecule has 1 amide bonds. The van der Waals surface area contributed by atoms with Gasteiger partial charge in [0, 0.05) is 11.6 Å². The van der Waals surface area contributed by atoms with E-state index in [9.17, 15) is 9.90 Å². The Labute approximate surface area is 116 Å². The zero-order valence-corrected chi connectivity index (χ0v) is 11.2. The molecule has 3 N–H and O–H groups in total. The van der Waals surface area contributed by atoms with Gasteiger partial charge in [-0.2, -0.15) is 0 Å². The minimum absolute atomic E-state index is 0.105. The summed E-state index contributed by atoms with van der Waals surface area (Å²) in [6, 6.07) is 6.80. The molecule has 1 aromatic carbocycles. The van der Waals surface area contributed by atoms with Crippen LogP contribution in [0.25, 0.3) is 0 Å². The van der Waals surface area contributed by atoms with Crippen molar-refractivity contribution in [1.29, 1.82) is 0 Å². The summed E-state index contributed by atoms with van der Waals surface area (Å²) in [4.78, 5) is 11.7. The van der Waals surface area contributed by atoms with Crippen molar-refractivity contribution in [2.45, 2.75) is 18.6 Å². The molecule has 2 unspecified atom stereocenters. The van der Waals surface area contributed by atoms with Crippen molar-refractivity contribution in [3.05, 3.63) is 29.3 Å². The van der Waals surface area contributed by atoms with Crippen LogP contribution in [0.5, 0.6) is 5.75 Å². The minimum atomic E-state index is -0.432. The number of nitrogens with one attached hydrogen (secondary N) is 2. The maximum Gasteiger partial charge on any atom is 0.237 e. The summed E-state index contributed by atoms with van der Waals surface area (Å²) < 4.78 is 5.45. The van der Waals surface area contributed by atoms with E-state index in [1.807, 2.05) is 6.07 Å². The van der Waals surface area contributed by atoms with Crippen molar-refractivity contribution in [2.75, 3.05) is 19.7 Å². The quantitative estimate of drug-likeness (QED) is 0.691. The highest BCUT2D eigenvalue weighted by Gasteiger charge is 2.27. The molecule has 1 heterocycles. The number of carbonyl (C=O) groups is 1. The van der Waals surface area contributed by atoms with Crippen LogP contribution in [0.4, 0.5) is 0 Å². The van der Waals surface area contributed by atoms with Gasteiger partial charge in [0.2, 0.25) is 5.91 Å². The molecule has 0 saturated carbocycles. The SMILES string of the molecule is O=C(NCCOc1cccc(Cl)c1)C1CC(O)CN1. The van der Waals surface area contributed by atoms with E-state index < -0.39 is 6.10 Å². The first-order valence-corrected chi connectivity index (χ1v) is 6.60. The molecule has 19 heavy (non-hydrogen) atoms. The number of rotatable bonds is 5. The highest BCUT2D eigenvalue weighted by atomic mass is 35.5. The summed E-state index contributed by atoms with van der Waals surface area (Å²) in [5.41, 5.74) is 0. The van der Waals surface area contributed by atoms with Gasteiger partial charge in [0.1, 0.15) is 12.4 Å². The van der Waals surface area contributed by atoms with Crippen LogP contribution in [0.1, 0.15) is 6.42 Å². The number of amides is 1. The van der Waals surface area contributed by atoms with Crippen LogP contribution in [-0.4, -0.2) is 42.9 Å². The number of β-amino-alcohol motifs (C(OH)–C–C–N with tert-alkyl or cyclic N) is 1. The largest absolute Gasteiger partial charge is 0.492 e. The number of aliphatic hydroxyl groups excluding tert-OH is 1. The molecule has 0 spiro atoms. The zero-order chi connectivity index (χ0) is 13.7. The fourth-order valence-electron chi connectivity index (χ4n) is 1.94. The molecular formula is C13H17ClN2O3. The van der Waals surface area contributed by atoms with E-state index in [0.717, 1.165) is 0 Å². The summed E-state index contributed by atoms with van der Waals surface area (Å²) in [7, 11) is 0. The Morgan fingerprint density at radius 2 is 2.42 bits per heavy atom. The molecule has 1 aliphatic heterocycles. The Hall–Kier alpha value is -1.30. The highest BCUT2D eigenvalue weighted by molar-refractivity contribution is 6.30. The van der Waals surface area contributed by atoms with Gasteiger partial charge < -0.3 is 20.5 Å². The third-order valence-electron chi connectivity index (χ3n) is 2.89. The van der Waals surface area contributed by atoms with Crippen LogP contribution in [0.3, 0.4) is 0 Å². The average molecular weight is 285 g/mol. The molecule has 6 heteroatoms. The summed E-state index contributed by atoms with van der Waals surface area (Å²) in [5, 5.41) is 15.6. The van der Waals surface area contributed by atoms with Gasteiger partial charge in [-0.25, -0.2) is 0 Å². The molecule has 104 valence electrons. The molecule has 1 aliphatic rings. The van der Waals surface area contributed by atoms with Gasteiger partial charge in [-0.05, 0) is 24.6 Å². The molecule has 5 nitrogen and oxygen atoms in total. The smallest absolute Gasteiger partial charge is 0.237 e. The summed E-state index contributed by atoms with van der Waals surface area (Å²) in [5.74, 6) is 0.572. The van der Waals surface area contributed by atoms with Gasteiger partial charge in [0.15, 0.2) is 0 Å². The Morgan fingerprint density at radius 3 is 3.11 bits per heavy atom. The van der Waals surface area contributed by atoms with E-state index in [4.69, 9.17) is 16.3 Å². The number of carbonyl (C=O) groups excluding carboxylic acids is 1. The molecule has 0 aliphatic carbocycles. The van der Waals surface area contributed by atoms with Crippen molar-refractivity contribution in [3.8, 4) is 5.75 Å². The van der Waals surface area contributed by atoms with E-state index in [0.29, 0.717) is 36.9 Å². The predicted octanol–water partition coefficient (Wildman–Crippen LogP) is 0.558. The molecular weight excluding hydrogens is 268 g/mol. The molecule has 1 fully saturated rings. The molecule has 1 saturated heterocycles. The first-order chi connectivity index (χ1) is 9.15. The standard InChI is InChI=1S/C13H17ClN2O3/c14-9-2-1-3-11(6-9)19-5-4-15-13(18)12-7-10(17)8-16-12/h1-3,6,10,12,16-17H,4-5,7-8H2,(H,15,18). The third kappa shape index (κ3) is 4.38. The lowest BCUT2D eigenvalue weighted by Gasteiger charge is -2.11. The lowest BCUT2D eigenvalue weighted by molar-refractivity contribution is -0.123. The van der Waals surface area contributed by atoms with Crippen molar-refractivity contribution in [2.24, 2.45) is 0 Å². The number of hydrogen-bond donors (Lipinski definition) is 3. The molecule has 0 bridgehead atoms. The lowest BCUT2D eigenvalue weighted by Crippen LogP contribution is -2.41. The minimum Gasteiger partial charge on any atom is -0.492 e. The van der Waals surface area contributed by atoms with Crippen LogP contribution < -0.4 is 15.4 Å². The Balaban J connectivity index is 1.65. The topological polar surface area (TPSA) is 70.6 Å². The predicted molar refractivity (Wildman–Crippen MR) is 72.4 cm³/mol. The number of aliphatic hydroxyl groups is 1. The van der Waals surface area contributed by atoms with Crippen LogP contribution in [0, 0.1) is 0 Å². The Morgan fingerprint density at radius 1 is 1.58 bits per heavy atom. The van der Waals surface area contributed by atoms with Crippen molar-refractivity contribution in [3.63, 3.8) is 0 Å². The second kappa shape index (κ2) is 6.75. The maximum atomic E-state index is 11.7. The molecule has 1 aromatic rings. The number of ether oxygens (including phenoxy) is 1. The number of benzene rings is 1. The van der Waals surface area contributed by atoms with Crippen LogP contribution in [0.2, 0.25) is 5.02 Å². The lowest BCUT2D eigenvalue weighted by atomic mass is 10.2. The first kappa shape index (κ1) is 14.1. The summed E-state index contributed by atoms with van der Waals surface area (Å²) in [6.07, 6.45) is 0.0273. The second-order valence-electron chi connectivity index (χ2n) is 4.45. The van der Waals surface area contributed by atoms with Gasteiger partial charge in [-0.15, -0.1) is 0 Å². The van der Waals surface area contributed by atoms with E-state index in [-0.39, 0.29) is 11.9 Å². The summed E-state index contributed by atoms with van der Waals surface area (Å²) in [6.45, 7) is 1.26. The van der Waals surface area contributed by atoms with Crippen LogP contribution >= 0.6 is 11.6 Å². The van der Waals surface area contributed by atoms with Gasteiger partial charge in [0.05, 0.1) is 18.7 Å². The highest BCUT2D eigenvalue weighted by Crippen LogP contribution is 2.16. The monoisotopic (exact) mass is 284 g/mol. The van der Waals surface area contributed by atoms with Gasteiger partial charge in [0.25, 0.3) is 0 Å². The second-order valence-corrected chi connectivity index (χ2v) is 4.88. The molecule has 2 rings (SSSR count). The van der Waals surface area contributed by atoms with Gasteiger partial charge in [-0.1, -0.05) is 17.7 Å².